The van der Waals surface area contributed by atoms with Gasteiger partial charge in [-0.3, -0.25) is 9.48 Å². The second kappa shape index (κ2) is 6.82. The molecule has 31 heavy (non-hydrogen) atoms. The highest BCUT2D eigenvalue weighted by Crippen LogP contribution is 2.42. The summed E-state index contributed by atoms with van der Waals surface area (Å²) in [5, 5.41) is 8.47. The molecule has 1 saturated carbocycles. The van der Waals surface area contributed by atoms with Gasteiger partial charge in [-0.25, -0.2) is 4.98 Å². The monoisotopic (exact) mass is 435 g/mol. The van der Waals surface area contributed by atoms with Crippen molar-refractivity contribution in [1.29, 1.82) is 0 Å². The number of nitrogens with one attached hydrogen (secondary N) is 1. The maximum atomic E-state index is 12.6. The van der Waals surface area contributed by atoms with Gasteiger partial charge in [-0.1, -0.05) is 17.4 Å². The van der Waals surface area contributed by atoms with E-state index in [1.807, 2.05) is 26.1 Å². The topological polar surface area (TPSA) is 72.3 Å². The minimum absolute atomic E-state index is 0.0275. The highest BCUT2D eigenvalue weighted by Gasteiger charge is 2.35. The van der Waals surface area contributed by atoms with Crippen molar-refractivity contribution in [2.75, 3.05) is 18.1 Å². The molecule has 1 aromatic carbocycles. The molecule has 3 aliphatic rings. The molecule has 0 bridgehead atoms. The molecule has 7 nitrogen and oxygen atoms in total. The maximum Gasteiger partial charge on any atom is 0.263 e. The number of nitrogens with zero attached hydrogens (tertiary/aromatic N) is 4. The number of ether oxygens (including phenoxy) is 1. The van der Waals surface area contributed by atoms with Crippen LogP contribution in [0.2, 0.25) is 0 Å². The average Bonchev–Trinajstić information content (AvgIpc) is 3.25. The van der Waals surface area contributed by atoms with E-state index in [0.717, 1.165) is 57.1 Å². The summed E-state index contributed by atoms with van der Waals surface area (Å²) in [6.45, 7) is 6.37. The van der Waals surface area contributed by atoms with Crippen LogP contribution in [0.4, 0.5) is 10.8 Å². The number of aromatic nitrogens is 3. The molecule has 8 heteroatoms. The summed E-state index contributed by atoms with van der Waals surface area (Å²) in [6.07, 6.45) is 7.43. The van der Waals surface area contributed by atoms with Crippen molar-refractivity contribution in [2.24, 2.45) is 5.92 Å². The molecule has 0 saturated heterocycles. The number of carbonyl (C=O) groups is 1. The summed E-state index contributed by atoms with van der Waals surface area (Å²) in [5.41, 5.74) is 3.82. The van der Waals surface area contributed by atoms with E-state index in [1.165, 1.54) is 24.2 Å². The number of thiazole rings is 1. The van der Waals surface area contributed by atoms with Gasteiger partial charge in [0.15, 0.2) is 5.13 Å². The van der Waals surface area contributed by atoms with Gasteiger partial charge in [-0.15, -0.1) is 0 Å². The summed E-state index contributed by atoms with van der Waals surface area (Å²) in [6, 6.07) is 6.26. The van der Waals surface area contributed by atoms with Crippen LogP contribution in [-0.2, 0) is 13.0 Å². The molecule has 1 amide bonds. The fourth-order valence-corrected chi connectivity index (χ4v) is 5.37. The molecular weight excluding hydrogens is 410 g/mol. The molecule has 6 rings (SSSR count). The second-order valence-corrected chi connectivity index (χ2v) is 10.3. The van der Waals surface area contributed by atoms with Crippen molar-refractivity contribution in [3.63, 3.8) is 0 Å². The van der Waals surface area contributed by atoms with Gasteiger partial charge >= 0.3 is 0 Å². The van der Waals surface area contributed by atoms with Crippen LogP contribution in [0.25, 0.3) is 11.1 Å². The third-order valence-electron chi connectivity index (χ3n) is 6.12. The van der Waals surface area contributed by atoms with E-state index in [2.05, 4.69) is 38.3 Å². The molecule has 3 aromatic rings. The lowest BCUT2D eigenvalue weighted by atomic mass is 9.94. The second-order valence-electron chi connectivity index (χ2n) is 9.36. The zero-order chi connectivity index (χ0) is 21.2. The molecule has 0 spiro atoms. The molecule has 160 valence electrons. The fraction of sp³-hybridized carbons (Fsp3) is 0.435. The third kappa shape index (κ3) is 3.48. The van der Waals surface area contributed by atoms with E-state index in [4.69, 9.17) is 9.72 Å². The van der Waals surface area contributed by atoms with E-state index in [9.17, 15) is 4.79 Å². The molecule has 0 atom stereocenters. The van der Waals surface area contributed by atoms with Gasteiger partial charge in [0, 0.05) is 30.3 Å². The van der Waals surface area contributed by atoms with Crippen LogP contribution in [0.3, 0.4) is 0 Å². The molecule has 0 unspecified atom stereocenters. The highest BCUT2D eigenvalue weighted by atomic mass is 32.1. The van der Waals surface area contributed by atoms with Gasteiger partial charge in [0.2, 0.25) is 0 Å². The first-order chi connectivity index (χ1) is 14.9. The first kappa shape index (κ1) is 18.9. The number of benzene rings is 1. The zero-order valence-corrected chi connectivity index (χ0v) is 18.5. The van der Waals surface area contributed by atoms with E-state index >= 15 is 0 Å². The quantitative estimate of drug-likeness (QED) is 0.670. The lowest BCUT2D eigenvalue weighted by Gasteiger charge is -2.29. The lowest BCUT2D eigenvalue weighted by Crippen LogP contribution is -2.48. The van der Waals surface area contributed by atoms with Gasteiger partial charge in [0.05, 0.1) is 24.1 Å². The Kier molecular flexibility index (Phi) is 4.15. The Labute approximate surface area is 185 Å². The van der Waals surface area contributed by atoms with Crippen molar-refractivity contribution in [2.45, 2.75) is 45.2 Å². The van der Waals surface area contributed by atoms with Crippen LogP contribution in [-0.4, -0.2) is 39.4 Å². The van der Waals surface area contributed by atoms with Crippen molar-refractivity contribution in [1.82, 2.24) is 20.1 Å². The standard InChI is InChI=1S/C23H25N5O2S/c1-23(2)10-17-20(21(29)26-23)31-22(25-17)28-7-8-30-19-6-5-15(9-18(19)28)16-11-24-27(13-16)12-14-3-4-14/h5-6,9,11,13-14H,3-4,7-8,10,12H2,1-2H3,(H,26,29). The molecule has 4 heterocycles. The summed E-state index contributed by atoms with van der Waals surface area (Å²) in [4.78, 5) is 20.4. The van der Waals surface area contributed by atoms with Crippen LogP contribution in [0.1, 0.15) is 42.1 Å². The van der Waals surface area contributed by atoms with Crippen molar-refractivity contribution >= 4 is 28.1 Å². The number of fused-ring (bicyclic) bond motifs is 2. The average molecular weight is 436 g/mol. The van der Waals surface area contributed by atoms with E-state index in [1.54, 1.807) is 0 Å². The Morgan fingerprint density at radius 2 is 2.16 bits per heavy atom. The maximum absolute atomic E-state index is 12.6. The van der Waals surface area contributed by atoms with Gasteiger partial charge in [-0.2, -0.15) is 5.10 Å². The predicted molar refractivity (Wildman–Crippen MR) is 120 cm³/mol. The SMILES string of the molecule is CC1(C)Cc2nc(N3CCOc4ccc(-c5cnn(CC6CC6)c5)cc43)sc2C(=O)N1. The number of hydrogen-bond acceptors (Lipinski definition) is 6. The summed E-state index contributed by atoms with van der Waals surface area (Å²) in [5.74, 6) is 1.61. The lowest BCUT2D eigenvalue weighted by molar-refractivity contribution is 0.0901. The van der Waals surface area contributed by atoms with Gasteiger partial charge in [-0.05, 0) is 50.3 Å². The van der Waals surface area contributed by atoms with Crippen LogP contribution in [0.15, 0.2) is 30.6 Å². The Morgan fingerprint density at radius 1 is 1.29 bits per heavy atom. The summed E-state index contributed by atoms with van der Waals surface area (Å²) in [7, 11) is 0. The molecule has 0 radical (unpaired) electrons. The van der Waals surface area contributed by atoms with Gasteiger partial charge in [0.25, 0.3) is 5.91 Å². The smallest absolute Gasteiger partial charge is 0.263 e. The van der Waals surface area contributed by atoms with Crippen molar-refractivity contribution in [3.8, 4) is 16.9 Å². The molecule has 2 aromatic heterocycles. The molecular formula is C23H25N5O2S. The highest BCUT2D eigenvalue weighted by molar-refractivity contribution is 7.17. The van der Waals surface area contributed by atoms with Gasteiger partial charge in [0.1, 0.15) is 17.2 Å². The normalized spacial score (nSPS) is 19.4. The first-order valence-corrected chi connectivity index (χ1v) is 11.7. The molecule has 1 fully saturated rings. The molecule has 1 aliphatic carbocycles. The number of hydrogen-bond donors (Lipinski definition) is 1. The predicted octanol–water partition coefficient (Wildman–Crippen LogP) is 4.01. The minimum atomic E-state index is -0.272. The fourth-order valence-electron chi connectivity index (χ4n) is 4.35. The summed E-state index contributed by atoms with van der Waals surface area (Å²) >= 11 is 1.46. The van der Waals surface area contributed by atoms with Crippen LogP contribution in [0, 0.1) is 5.92 Å². The minimum Gasteiger partial charge on any atom is -0.490 e. The van der Waals surface area contributed by atoms with E-state index < -0.39 is 0 Å². The molecule has 2 aliphatic heterocycles. The number of anilines is 2. The van der Waals surface area contributed by atoms with E-state index in [0.29, 0.717) is 13.2 Å². The summed E-state index contributed by atoms with van der Waals surface area (Å²) < 4.78 is 7.98. The first-order valence-electron chi connectivity index (χ1n) is 10.8. The number of carbonyl (C=O) groups excluding carboxylic acids is 1. The van der Waals surface area contributed by atoms with Gasteiger partial charge < -0.3 is 15.0 Å². The Morgan fingerprint density at radius 3 is 3.00 bits per heavy atom. The van der Waals surface area contributed by atoms with E-state index in [-0.39, 0.29) is 11.4 Å². The van der Waals surface area contributed by atoms with Crippen LogP contribution in [0.5, 0.6) is 5.75 Å². The Bertz CT molecular complexity index is 1180. The van der Waals surface area contributed by atoms with Crippen molar-refractivity contribution < 1.29 is 9.53 Å². The number of rotatable bonds is 4. The van der Waals surface area contributed by atoms with Crippen LogP contribution < -0.4 is 15.0 Å². The largest absolute Gasteiger partial charge is 0.490 e. The Hall–Kier alpha value is -2.87. The third-order valence-corrected chi connectivity index (χ3v) is 7.23. The van der Waals surface area contributed by atoms with Crippen LogP contribution >= 0.6 is 11.3 Å². The van der Waals surface area contributed by atoms with Crippen molar-refractivity contribution in [3.05, 3.63) is 41.2 Å². The molecule has 1 N–H and O–H groups in total. The Balaban J connectivity index is 1.34. The zero-order valence-electron chi connectivity index (χ0n) is 17.7. The number of amides is 1.